The van der Waals surface area contributed by atoms with Gasteiger partial charge in [-0.05, 0) is 44.0 Å². The Kier molecular flexibility index (Phi) is 6.20. The van der Waals surface area contributed by atoms with Crippen molar-refractivity contribution in [1.82, 2.24) is 14.7 Å². The molecule has 7 nitrogen and oxygen atoms in total. The van der Waals surface area contributed by atoms with Crippen molar-refractivity contribution >= 4 is 5.95 Å². The van der Waals surface area contributed by atoms with Crippen LogP contribution in [0.5, 0.6) is 0 Å². The first-order chi connectivity index (χ1) is 13.5. The van der Waals surface area contributed by atoms with Crippen molar-refractivity contribution in [3.8, 4) is 22.5 Å². The first-order valence-corrected chi connectivity index (χ1v) is 9.21. The van der Waals surface area contributed by atoms with Crippen LogP contribution in [0.1, 0.15) is 27.2 Å². The molecule has 1 aromatic carbocycles. The van der Waals surface area contributed by atoms with Crippen LogP contribution in [0.25, 0.3) is 22.5 Å². The Morgan fingerprint density at radius 3 is 2.68 bits per heavy atom. The Bertz CT molecular complexity index is 982. The molecule has 28 heavy (non-hydrogen) atoms. The Balaban J connectivity index is 2.13. The normalized spacial score (nSPS) is 12.1. The lowest BCUT2D eigenvalue weighted by Crippen LogP contribution is -2.16. The predicted molar refractivity (Wildman–Crippen MR) is 104 cm³/mol. The second-order valence-electron chi connectivity index (χ2n) is 6.33. The first kappa shape index (κ1) is 19.8. The molecule has 0 bridgehead atoms. The average molecular weight is 386 g/mol. The molecule has 0 unspecified atom stereocenters. The summed E-state index contributed by atoms with van der Waals surface area (Å²) in [5.74, 6) is 0.0685. The predicted octanol–water partition coefficient (Wildman–Crippen LogP) is 3.91. The van der Waals surface area contributed by atoms with Gasteiger partial charge in [0, 0.05) is 18.8 Å². The van der Waals surface area contributed by atoms with E-state index in [2.05, 4.69) is 22.2 Å². The number of rotatable bonds is 8. The van der Waals surface area contributed by atoms with E-state index in [1.165, 1.54) is 29.0 Å². The number of nitrogens with zero attached hydrogens (tertiary/aromatic N) is 3. The number of hydrogen-bond donors (Lipinski definition) is 1. The minimum atomic E-state index is -0.545. The summed E-state index contributed by atoms with van der Waals surface area (Å²) in [5, 5.41) is 3.22. The van der Waals surface area contributed by atoms with E-state index in [1.807, 2.05) is 13.8 Å². The third-order valence-corrected chi connectivity index (χ3v) is 4.32. The quantitative estimate of drug-likeness (QED) is 0.632. The molecular formula is C20H23FN4O3. The monoisotopic (exact) mass is 386 g/mol. The minimum absolute atomic E-state index is 0.0559. The van der Waals surface area contributed by atoms with Crippen LogP contribution in [-0.4, -0.2) is 27.4 Å². The zero-order valence-electron chi connectivity index (χ0n) is 16.1. The molecule has 0 aliphatic carbocycles. The van der Waals surface area contributed by atoms with Gasteiger partial charge in [-0.2, -0.15) is 4.74 Å². The Morgan fingerprint density at radius 2 is 2.00 bits per heavy atom. The van der Waals surface area contributed by atoms with Crippen molar-refractivity contribution in [1.29, 1.82) is 0 Å². The van der Waals surface area contributed by atoms with Crippen molar-refractivity contribution in [2.24, 2.45) is 0 Å². The van der Waals surface area contributed by atoms with Gasteiger partial charge in [0.15, 0.2) is 6.73 Å². The number of ether oxygens (including phenoxy) is 1. The number of anilines is 1. The standard InChI is InChI=1S/C20H23FN4O3/c1-4-13(3)23-20-22-11-10-16(24-20)18-17(14-6-8-15(21)9-7-14)19(26)28-25(18)12-27-5-2/h6-11,13H,4-5,12H2,1-3H3,(H,22,23,24)/t13-/m0/s1. The van der Waals surface area contributed by atoms with Crippen LogP contribution in [-0.2, 0) is 11.5 Å². The highest BCUT2D eigenvalue weighted by molar-refractivity contribution is 5.78. The van der Waals surface area contributed by atoms with E-state index < -0.39 is 5.63 Å². The summed E-state index contributed by atoms with van der Waals surface area (Å²) in [7, 11) is 0. The minimum Gasteiger partial charge on any atom is -0.358 e. The smallest absolute Gasteiger partial charge is 0.358 e. The Labute approximate surface area is 162 Å². The van der Waals surface area contributed by atoms with Crippen molar-refractivity contribution in [3.63, 3.8) is 0 Å². The number of halogens is 1. The molecular weight excluding hydrogens is 363 g/mol. The van der Waals surface area contributed by atoms with Crippen LogP contribution in [0, 0.1) is 5.82 Å². The molecule has 1 N–H and O–H groups in total. The zero-order valence-corrected chi connectivity index (χ0v) is 16.1. The highest BCUT2D eigenvalue weighted by atomic mass is 19.1. The van der Waals surface area contributed by atoms with Crippen LogP contribution in [0.2, 0.25) is 0 Å². The van der Waals surface area contributed by atoms with E-state index in [0.717, 1.165) is 6.42 Å². The van der Waals surface area contributed by atoms with Crippen LogP contribution >= 0.6 is 0 Å². The SMILES string of the molecule is CCOCn1oc(=O)c(-c2ccc(F)cc2)c1-c1ccnc(N[C@@H](C)CC)n1. The number of aromatic nitrogens is 3. The van der Waals surface area contributed by atoms with Gasteiger partial charge in [0.1, 0.15) is 11.5 Å². The molecule has 8 heteroatoms. The molecule has 3 rings (SSSR count). The summed E-state index contributed by atoms with van der Waals surface area (Å²) in [5.41, 5.74) is 1.25. The average Bonchev–Trinajstić information content (AvgIpc) is 3.03. The fourth-order valence-electron chi connectivity index (χ4n) is 2.69. The fourth-order valence-corrected chi connectivity index (χ4v) is 2.69. The molecule has 0 saturated carbocycles. The maximum Gasteiger partial charge on any atom is 0.366 e. The first-order valence-electron chi connectivity index (χ1n) is 9.21. The van der Waals surface area contributed by atoms with E-state index in [4.69, 9.17) is 9.26 Å². The van der Waals surface area contributed by atoms with E-state index in [1.54, 1.807) is 12.3 Å². The van der Waals surface area contributed by atoms with Crippen molar-refractivity contribution < 1.29 is 13.7 Å². The summed E-state index contributed by atoms with van der Waals surface area (Å²) in [4.78, 5) is 21.4. The highest BCUT2D eigenvalue weighted by Crippen LogP contribution is 2.30. The third kappa shape index (κ3) is 4.28. The fraction of sp³-hybridized carbons (Fsp3) is 0.350. The van der Waals surface area contributed by atoms with Gasteiger partial charge in [-0.15, -0.1) is 0 Å². The molecule has 0 saturated heterocycles. The van der Waals surface area contributed by atoms with Gasteiger partial charge in [0.2, 0.25) is 5.95 Å². The topological polar surface area (TPSA) is 82.2 Å². The molecule has 148 valence electrons. The second kappa shape index (κ2) is 8.79. The van der Waals surface area contributed by atoms with Crippen LogP contribution in [0.3, 0.4) is 0 Å². The van der Waals surface area contributed by atoms with Crippen molar-refractivity contribution in [2.75, 3.05) is 11.9 Å². The lowest BCUT2D eigenvalue weighted by molar-refractivity contribution is 0.0314. The van der Waals surface area contributed by atoms with Crippen LogP contribution in [0.4, 0.5) is 10.3 Å². The largest absolute Gasteiger partial charge is 0.366 e. The van der Waals surface area contributed by atoms with E-state index >= 15 is 0 Å². The summed E-state index contributed by atoms with van der Waals surface area (Å²) >= 11 is 0. The Morgan fingerprint density at radius 1 is 1.25 bits per heavy atom. The van der Waals surface area contributed by atoms with Gasteiger partial charge in [-0.25, -0.2) is 19.2 Å². The van der Waals surface area contributed by atoms with E-state index in [9.17, 15) is 9.18 Å². The molecule has 0 fully saturated rings. The van der Waals surface area contributed by atoms with E-state index in [0.29, 0.717) is 35.1 Å². The molecule has 1 atom stereocenters. The highest BCUT2D eigenvalue weighted by Gasteiger charge is 2.22. The van der Waals surface area contributed by atoms with Crippen molar-refractivity contribution in [3.05, 3.63) is 52.8 Å². The van der Waals surface area contributed by atoms with E-state index in [-0.39, 0.29) is 18.6 Å². The maximum atomic E-state index is 13.4. The number of benzene rings is 1. The van der Waals surface area contributed by atoms with Gasteiger partial charge in [-0.1, -0.05) is 19.1 Å². The molecule has 0 amide bonds. The second-order valence-corrected chi connectivity index (χ2v) is 6.33. The molecule has 0 spiro atoms. The van der Waals surface area contributed by atoms with Crippen molar-refractivity contribution in [2.45, 2.75) is 40.0 Å². The van der Waals surface area contributed by atoms with Crippen LogP contribution < -0.4 is 10.9 Å². The Hall–Kier alpha value is -3.00. The molecule has 2 aromatic heterocycles. The zero-order chi connectivity index (χ0) is 20.1. The number of nitrogens with one attached hydrogen (secondary N) is 1. The molecule has 0 aliphatic rings. The van der Waals surface area contributed by atoms with Gasteiger partial charge in [-0.3, -0.25) is 0 Å². The lowest BCUT2D eigenvalue weighted by Gasteiger charge is -2.13. The third-order valence-electron chi connectivity index (χ3n) is 4.32. The maximum absolute atomic E-state index is 13.4. The van der Waals surface area contributed by atoms with Gasteiger partial charge in [0.25, 0.3) is 0 Å². The van der Waals surface area contributed by atoms with Gasteiger partial charge < -0.3 is 14.6 Å². The van der Waals surface area contributed by atoms with Gasteiger partial charge >= 0.3 is 5.63 Å². The molecule has 3 aromatic rings. The molecule has 0 aliphatic heterocycles. The van der Waals surface area contributed by atoms with Gasteiger partial charge in [0.05, 0.1) is 11.3 Å². The molecule has 0 radical (unpaired) electrons. The summed E-state index contributed by atoms with van der Waals surface area (Å²) in [6.07, 6.45) is 2.53. The summed E-state index contributed by atoms with van der Waals surface area (Å²) < 4.78 is 25.5. The lowest BCUT2D eigenvalue weighted by atomic mass is 10.0. The number of hydrogen-bond acceptors (Lipinski definition) is 6. The molecule has 2 heterocycles. The van der Waals surface area contributed by atoms with Crippen LogP contribution in [0.15, 0.2) is 45.8 Å². The summed E-state index contributed by atoms with van der Waals surface area (Å²) in [6, 6.07) is 7.57. The summed E-state index contributed by atoms with van der Waals surface area (Å²) in [6.45, 7) is 6.45.